The van der Waals surface area contributed by atoms with Gasteiger partial charge in [-0.15, -0.1) is 0 Å². The van der Waals surface area contributed by atoms with E-state index in [0.717, 1.165) is 17.8 Å². The van der Waals surface area contributed by atoms with Crippen LogP contribution in [0.1, 0.15) is 51.4 Å². The van der Waals surface area contributed by atoms with Gasteiger partial charge in [0.05, 0.1) is 0 Å². The topological polar surface area (TPSA) is 12.0 Å². The van der Waals surface area contributed by atoms with Crippen LogP contribution in [0.3, 0.4) is 0 Å². The molecule has 2 rings (SSSR count). The van der Waals surface area contributed by atoms with Crippen molar-refractivity contribution in [3.8, 4) is 0 Å². The van der Waals surface area contributed by atoms with Crippen LogP contribution in [0, 0.1) is 17.8 Å². The van der Waals surface area contributed by atoms with Crippen LogP contribution in [-0.4, -0.2) is 25.1 Å². The molecule has 0 aromatic rings. The Balaban J connectivity index is 1.39. The maximum atomic E-state index is 3.70. The molecule has 1 N–H and O–H groups in total. The molecule has 0 spiro atoms. The first-order valence-corrected chi connectivity index (χ1v) is 8.99. The van der Waals surface area contributed by atoms with Crippen molar-refractivity contribution in [2.45, 2.75) is 51.4 Å². The predicted octanol–water partition coefficient (Wildman–Crippen LogP) is 3.94. The lowest BCUT2D eigenvalue weighted by molar-refractivity contribution is 0.318. The zero-order valence-corrected chi connectivity index (χ0v) is 12.2. The fourth-order valence-electron chi connectivity index (χ4n) is 3.76. The Kier molecular flexibility index (Phi) is 6.21. The number of hydrogen-bond acceptors (Lipinski definition) is 2. The van der Waals surface area contributed by atoms with Gasteiger partial charge >= 0.3 is 0 Å². The first-order valence-electron chi connectivity index (χ1n) is 7.60. The Labute approximate surface area is 112 Å². The minimum atomic E-state index is 1.03. The van der Waals surface area contributed by atoms with Crippen molar-refractivity contribution in [2.75, 3.05) is 25.1 Å². The summed E-state index contributed by atoms with van der Waals surface area (Å²) in [5.74, 6) is 4.58. The first-order chi connectivity index (χ1) is 8.40. The average molecular weight is 255 g/mol. The molecule has 0 heterocycles. The van der Waals surface area contributed by atoms with Crippen molar-refractivity contribution < 1.29 is 0 Å². The van der Waals surface area contributed by atoms with E-state index >= 15 is 0 Å². The van der Waals surface area contributed by atoms with E-state index in [-0.39, 0.29) is 0 Å². The Hall–Kier alpha value is 0.310. The normalized spacial score (nSPS) is 31.2. The van der Waals surface area contributed by atoms with E-state index in [0.29, 0.717) is 0 Å². The molecule has 3 atom stereocenters. The maximum absolute atomic E-state index is 3.70. The molecule has 0 radical (unpaired) electrons. The molecule has 1 nitrogen and oxygen atoms in total. The zero-order valence-electron chi connectivity index (χ0n) is 11.4. The van der Waals surface area contributed by atoms with Crippen LogP contribution in [0.4, 0.5) is 0 Å². The van der Waals surface area contributed by atoms with Crippen molar-refractivity contribution in [1.82, 2.24) is 5.32 Å². The zero-order chi connectivity index (χ0) is 11.9. The highest BCUT2D eigenvalue weighted by molar-refractivity contribution is 7.98. The molecule has 100 valence electrons. The van der Waals surface area contributed by atoms with Crippen LogP contribution in [0.2, 0.25) is 0 Å². The number of thioether (sulfide) groups is 1. The minimum Gasteiger partial charge on any atom is -0.316 e. The SMILES string of the molecule is CSCCCCCCNCC1CC2CCC1C2. The summed E-state index contributed by atoms with van der Waals surface area (Å²) >= 11 is 1.98. The Morgan fingerprint density at radius 2 is 1.94 bits per heavy atom. The summed E-state index contributed by atoms with van der Waals surface area (Å²) in [5.41, 5.74) is 0. The highest BCUT2D eigenvalue weighted by atomic mass is 32.2. The van der Waals surface area contributed by atoms with Crippen molar-refractivity contribution >= 4 is 11.8 Å². The Bertz CT molecular complexity index is 207. The van der Waals surface area contributed by atoms with E-state index in [1.54, 1.807) is 6.42 Å². The average Bonchev–Trinajstić information content (AvgIpc) is 2.94. The van der Waals surface area contributed by atoms with Crippen LogP contribution in [-0.2, 0) is 0 Å². The van der Waals surface area contributed by atoms with Gasteiger partial charge < -0.3 is 5.32 Å². The van der Waals surface area contributed by atoms with Gasteiger partial charge in [0.1, 0.15) is 0 Å². The summed E-state index contributed by atoms with van der Waals surface area (Å²) in [6.45, 7) is 2.57. The lowest BCUT2D eigenvalue weighted by Crippen LogP contribution is -2.27. The molecule has 0 aliphatic heterocycles. The molecular weight excluding hydrogens is 226 g/mol. The number of hydrogen-bond donors (Lipinski definition) is 1. The quantitative estimate of drug-likeness (QED) is 0.626. The predicted molar refractivity (Wildman–Crippen MR) is 78.7 cm³/mol. The third-order valence-electron chi connectivity index (χ3n) is 4.74. The fourth-order valence-corrected chi connectivity index (χ4v) is 4.26. The first kappa shape index (κ1) is 13.7. The van der Waals surface area contributed by atoms with E-state index in [1.165, 1.54) is 63.8 Å². The van der Waals surface area contributed by atoms with Gasteiger partial charge in [0.25, 0.3) is 0 Å². The van der Waals surface area contributed by atoms with Crippen molar-refractivity contribution in [3.63, 3.8) is 0 Å². The molecule has 2 aliphatic carbocycles. The van der Waals surface area contributed by atoms with Gasteiger partial charge in [0, 0.05) is 0 Å². The third-order valence-corrected chi connectivity index (χ3v) is 5.44. The summed E-state index contributed by atoms with van der Waals surface area (Å²) in [4.78, 5) is 0. The van der Waals surface area contributed by atoms with Gasteiger partial charge in [-0.3, -0.25) is 0 Å². The second kappa shape index (κ2) is 7.68. The summed E-state index contributed by atoms with van der Waals surface area (Å²) in [7, 11) is 0. The molecule has 17 heavy (non-hydrogen) atoms. The summed E-state index contributed by atoms with van der Waals surface area (Å²) in [6.07, 6.45) is 14.0. The molecule has 0 saturated heterocycles. The van der Waals surface area contributed by atoms with Crippen molar-refractivity contribution in [3.05, 3.63) is 0 Å². The molecule has 3 unspecified atom stereocenters. The molecule has 2 saturated carbocycles. The van der Waals surface area contributed by atoms with E-state index in [9.17, 15) is 0 Å². The van der Waals surface area contributed by atoms with Gasteiger partial charge in [-0.1, -0.05) is 19.3 Å². The monoisotopic (exact) mass is 255 g/mol. The van der Waals surface area contributed by atoms with Crippen molar-refractivity contribution in [1.29, 1.82) is 0 Å². The molecule has 2 heteroatoms. The van der Waals surface area contributed by atoms with Gasteiger partial charge in [-0.2, -0.15) is 11.8 Å². The smallest absolute Gasteiger partial charge is 0.00178 e. The second-order valence-electron chi connectivity index (χ2n) is 6.05. The molecular formula is C15H29NS. The summed E-state index contributed by atoms with van der Waals surface area (Å²) in [5, 5.41) is 3.70. The number of rotatable bonds is 9. The minimum absolute atomic E-state index is 1.03. The second-order valence-corrected chi connectivity index (χ2v) is 7.03. The summed E-state index contributed by atoms with van der Waals surface area (Å²) in [6, 6.07) is 0. The van der Waals surface area contributed by atoms with E-state index < -0.39 is 0 Å². The number of nitrogens with one attached hydrogen (secondary N) is 1. The van der Waals surface area contributed by atoms with Gasteiger partial charge in [0.15, 0.2) is 0 Å². The number of unbranched alkanes of at least 4 members (excludes halogenated alkanes) is 3. The van der Waals surface area contributed by atoms with E-state index in [4.69, 9.17) is 0 Å². The maximum Gasteiger partial charge on any atom is -0.00178 e. The van der Waals surface area contributed by atoms with Gasteiger partial charge in [0.2, 0.25) is 0 Å². The standard InChI is InChI=1S/C15H29NS/c1-17-9-5-3-2-4-8-16-12-15-11-13-6-7-14(15)10-13/h13-16H,2-12H2,1H3. The van der Waals surface area contributed by atoms with Crippen LogP contribution in [0.5, 0.6) is 0 Å². The fraction of sp³-hybridized carbons (Fsp3) is 1.00. The lowest BCUT2D eigenvalue weighted by atomic mass is 9.89. The molecule has 0 amide bonds. The van der Waals surface area contributed by atoms with Gasteiger partial charge in [-0.25, -0.2) is 0 Å². The van der Waals surface area contributed by atoms with Crippen LogP contribution in [0.25, 0.3) is 0 Å². The summed E-state index contributed by atoms with van der Waals surface area (Å²) < 4.78 is 0. The van der Waals surface area contributed by atoms with Gasteiger partial charge in [-0.05, 0) is 75.0 Å². The lowest BCUT2D eigenvalue weighted by Gasteiger charge is -2.21. The highest BCUT2D eigenvalue weighted by Gasteiger charge is 2.38. The van der Waals surface area contributed by atoms with Crippen LogP contribution in [0.15, 0.2) is 0 Å². The highest BCUT2D eigenvalue weighted by Crippen LogP contribution is 2.47. The Morgan fingerprint density at radius 1 is 1.06 bits per heavy atom. The molecule has 2 aliphatic rings. The van der Waals surface area contributed by atoms with E-state index in [1.807, 2.05) is 11.8 Å². The largest absolute Gasteiger partial charge is 0.316 e. The van der Waals surface area contributed by atoms with E-state index in [2.05, 4.69) is 11.6 Å². The molecule has 2 bridgehead atoms. The van der Waals surface area contributed by atoms with Crippen LogP contribution < -0.4 is 5.32 Å². The van der Waals surface area contributed by atoms with Crippen LogP contribution >= 0.6 is 11.8 Å². The van der Waals surface area contributed by atoms with Crippen molar-refractivity contribution in [2.24, 2.45) is 17.8 Å². The third kappa shape index (κ3) is 4.48. The number of fused-ring (bicyclic) bond motifs is 2. The molecule has 2 fully saturated rings. The molecule has 0 aromatic heterocycles. The Morgan fingerprint density at radius 3 is 2.65 bits per heavy atom. The molecule has 0 aromatic carbocycles.